The van der Waals surface area contributed by atoms with Gasteiger partial charge in [-0.25, -0.2) is 4.79 Å². The van der Waals surface area contributed by atoms with Crippen LogP contribution >= 0.6 is 36.0 Å². The number of rotatable bonds is 17. The van der Waals surface area contributed by atoms with E-state index in [2.05, 4.69) is 24.4 Å². The molecule has 0 aliphatic rings. The van der Waals surface area contributed by atoms with Gasteiger partial charge in [0.1, 0.15) is 6.61 Å². The first-order valence-electron chi connectivity index (χ1n) is 13.6. The molecule has 2 aromatic carbocycles. The van der Waals surface area contributed by atoms with Crippen LogP contribution in [0.4, 0.5) is 11.4 Å². The topological polar surface area (TPSA) is 38.3 Å². The first-order valence-corrected chi connectivity index (χ1v) is 14.9. The van der Waals surface area contributed by atoms with Gasteiger partial charge in [-0.15, -0.1) is 11.6 Å². The lowest BCUT2D eigenvalue weighted by atomic mass is 10.1. The Morgan fingerprint density at radius 3 is 2.24 bits per heavy atom. The Balaban J connectivity index is 2.16. The molecule has 0 heterocycles. The monoisotopic (exact) mass is 561 g/mol. The molecule has 4 nitrogen and oxygen atoms in total. The molecule has 0 aromatic heterocycles. The molecule has 1 N–H and O–H groups in total. The van der Waals surface area contributed by atoms with Gasteiger partial charge < -0.3 is 5.32 Å². The summed E-state index contributed by atoms with van der Waals surface area (Å²) in [5.41, 5.74) is 2.61. The molecule has 1 unspecified atom stereocenters. The summed E-state index contributed by atoms with van der Waals surface area (Å²) in [6, 6.07) is 17.8. The molecule has 0 aliphatic carbocycles. The van der Waals surface area contributed by atoms with Gasteiger partial charge in [0.05, 0.1) is 17.8 Å². The number of anilines is 1. The third-order valence-electron chi connectivity index (χ3n) is 6.30. The molecule has 0 fully saturated rings. The van der Waals surface area contributed by atoms with Crippen LogP contribution in [0.25, 0.3) is 0 Å². The number of carbonyl (C=O) groups is 1. The van der Waals surface area contributed by atoms with E-state index in [1.54, 1.807) is 0 Å². The average Bonchev–Trinajstić information content (AvgIpc) is 2.90. The highest BCUT2D eigenvalue weighted by Crippen LogP contribution is 2.31. The second-order valence-corrected chi connectivity index (χ2v) is 10.6. The minimum absolute atomic E-state index is 0.0984. The van der Waals surface area contributed by atoms with Crippen LogP contribution in [0.1, 0.15) is 83.6 Å². The summed E-state index contributed by atoms with van der Waals surface area (Å²) < 4.78 is -0.407. The number of hydroxylamine groups is 2. The number of halogens is 1. The zero-order valence-electron chi connectivity index (χ0n) is 22.3. The molecule has 37 heavy (non-hydrogen) atoms. The normalized spacial score (nSPS) is 12.6. The van der Waals surface area contributed by atoms with E-state index >= 15 is 0 Å². The van der Waals surface area contributed by atoms with Crippen LogP contribution in [-0.2, 0) is 16.1 Å². The highest BCUT2D eigenvalue weighted by atomic mass is 35.5. The van der Waals surface area contributed by atoms with Crippen LogP contribution in [0.2, 0.25) is 0 Å². The first kappa shape index (κ1) is 31.5. The smallest absolute Gasteiger partial charge is 0.350 e. The SMILES string of the molecule is CCCCCCCCCCO[N+](C(=O)CC)(C(=S)CCCl)c1cccc(NC(=S)Cc2ccccc2)c1. The lowest BCUT2D eigenvalue weighted by Crippen LogP contribution is -2.57. The summed E-state index contributed by atoms with van der Waals surface area (Å²) in [6.07, 6.45) is 10.9. The van der Waals surface area contributed by atoms with Gasteiger partial charge in [-0.2, -0.15) is 4.84 Å². The predicted octanol–water partition coefficient (Wildman–Crippen LogP) is 8.94. The van der Waals surface area contributed by atoms with Gasteiger partial charge in [0.25, 0.3) is 0 Å². The Morgan fingerprint density at radius 2 is 1.59 bits per heavy atom. The van der Waals surface area contributed by atoms with Crippen LogP contribution in [0.5, 0.6) is 0 Å². The number of benzene rings is 2. The van der Waals surface area contributed by atoms with E-state index in [0.717, 1.165) is 24.1 Å². The number of quaternary nitrogens is 1. The fourth-order valence-corrected chi connectivity index (χ4v) is 5.25. The van der Waals surface area contributed by atoms with Gasteiger partial charge in [0.15, 0.2) is 5.69 Å². The number of alkyl halides is 1. The maximum absolute atomic E-state index is 13.5. The molecule has 1 atom stereocenters. The molecule has 0 radical (unpaired) electrons. The van der Waals surface area contributed by atoms with E-state index < -0.39 is 4.65 Å². The lowest BCUT2D eigenvalue weighted by molar-refractivity contribution is -0.159. The number of thiocarbonyl (C=S) groups is 2. The Morgan fingerprint density at radius 1 is 0.919 bits per heavy atom. The van der Waals surface area contributed by atoms with E-state index in [1.807, 2.05) is 49.4 Å². The predicted molar refractivity (Wildman–Crippen MR) is 166 cm³/mol. The number of amides is 1. The van der Waals surface area contributed by atoms with E-state index in [0.29, 0.717) is 47.4 Å². The number of hydrogen-bond donors (Lipinski definition) is 1. The molecular weight excluding hydrogens is 520 g/mol. The van der Waals surface area contributed by atoms with Crippen molar-refractivity contribution in [3.05, 3.63) is 60.2 Å². The van der Waals surface area contributed by atoms with Crippen molar-refractivity contribution in [2.24, 2.45) is 0 Å². The molecule has 2 aromatic rings. The Kier molecular flexibility index (Phi) is 15.1. The molecule has 2 rings (SSSR count). The number of hydrogen-bond acceptors (Lipinski definition) is 4. The average molecular weight is 562 g/mol. The third kappa shape index (κ3) is 10.2. The quantitative estimate of drug-likeness (QED) is 0.0686. The summed E-state index contributed by atoms with van der Waals surface area (Å²) in [4.78, 5) is 21.1. The highest BCUT2D eigenvalue weighted by molar-refractivity contribution is 7.80. The molecule has 0 spiro atoms. The summed E-state index contributed by atoms with van der Waals surface area (Å²) >= 11 is 17.5. The van der Waals surface area contributed by atoms with Gasteiger partial charge in [0, 0.05) is 30.1 Å². The molecule has 0 bridgehead atoms. The fourth-order valence-electron chi connectivity index (χ4n) is 4.31. The summed E-state index contributed by atoms with van der Waals surface area (Å²) in [5.74, 6) is 0.231. The van der Waals surface area contributed by atoms with Crippen LogP contribution in [-0.4, -0.2) is 28.4 Å². The zero-order valence-corrected chi connectivity index (χ0v) is 24.7. The van der Waals surface area contributed by atoms with Crippen LogP contribution in [0.15, 0.2) is 54.6 Å². The van der Waals surface area contributed by atoms with E-state index in [9.17, 15) is 4.79 Å². The van der Waals surface area contributed by atoms with Crippen LogP contribution in [0.3, 0.4) is 0 Å². The standard InChI is InChI=1S/C30H41ClN2O2S2/c1-3-5-6-7-8-9-10-14-22-35-33(29(34)4-2,30(37)20-21-31)27-19-15-18-26(24-27)32-28(36)23-25-16-12-11-13-17-25/h11-13,15-19,24H,3-10,14,20-23H2,1-2H3/p+1. The Hall–Kier alpha value is -1.70. The minimum Gasteiger partial charge on any atom is -0.350 e. The first-order chi connectivity index (χ1) is 18.0. The van der Waals surface area contributed by atoms with Crippen molar-refractivity contribution in [3.63, 3.8) is 0 Å². The summed E-state index contributed by atoms with van der Waals surface area (Å²) in [7, 11) is 0. The Labute approximate surface area is 239 Å². The van der Waals surface area contributed by atoms with Crippen molar-refractivity contribution in [1.82, 2.24) is 4.65 Å². The van der Waals surface area contributed by atoms with Crippen molar-refractivity contribution >= 4 is 63.3 Å². The molecule has 0 saturated heterocycles. The minimum atomic E-state index is -0.407. The Bertz CT molecular complexity index is 987. The van der Waals surface area contributed by atoms with Gasteiger partial charge in [0.2, 0.25) is 4.99 Å². The van der Waals surface area contributed by atoms with Crippen molar-refractivity contribution < 1.29 is 9.63 Å². The van der Waals surface area contributed by atoms with Crippen molar-refractivity contribution in [1.29, 1.82) is 0 Å². The van der Waals surface area contributed by atoms with E-state index in [1.165, 1.54) is 38.5 Å². The molecule has 0 aliphatic heterocycles. The van der Waals surface area contributed by atoms with Gasteiger partial charge in [-0.1, -0.05) is 107 Å². The molecular formula is C30H42ClN2O2S2+. The van der Waals surface area contributed by atoms with E-state index in [-0.39, 0.29) is 5.91 Å². The summed E-state index contributed by atoms with van der Waals surface area (Å²) in [5, 5.41) is 3.32. The van der Waals surface area contributed by atoms with Gasteiger partial charge in [-0.05, 0) is 34.9 Å². The van der Waals surface area contributed by atoms with Crippen molar-refractivity contribution in [2.75, 3.05) is 17.8 Å². The van der Waals surface area contributed by atoms with E-state index in [4.69, 9.17) is 40.9 Å². The number of carbonyl (C=O) groups excluding carboxylic acids is 1. The summed E-state index contributed by atoms with van der Waals surface area (Å²) in [6.45, 7) is 4.53. The third-order valence-corrected chi connectivity index (χ3v) is 7.19. The highest BCUT2D eigenvalue weighted by Gasteiger charge is 2.45. The molecule has 0 saturated carbocycles. The maximum Gasteiger partial charge on any atom is 0.356 e. The number of unbranched alkanes of at least 4 members (excludes halogenated alkanes) is 7. The van der Waals surface area contributed by atoms with Crippen molar-refractivity contribution in [2.45, 2.75) is 84.5 Å². The lowest BCUT2D eigenvalue weighted by Gasteiger charge is -2.32. The zero-order chi connectivity index (χ0) is 26.9. The van der Waals surface area contributed by atoms with Crippen LogP contribution in [0, 0.1) is 0 Å². The largest absolute Gasteiger partial charge is 0.356 e. The molecule has 7 heteroatoms. The molecule has 1 amide bonds. The number of nitrogens with one attached hydrogen (secondary N) is 1. The maximum atomic E-state index is 13.5. The number of nitrogens with zero attached hydrogens (tertiary/aromatic N) is 1. The van der Waals surface area contributed by atoms with Crippen molar-refractivity contribution in [3.8, 4) is 0 Å². The second-order valence-electron chi connectivity index (χ2n) is 9.26. The fraction of sp³-hybridized carbons (Fsp3) is 0.500. The van der Waals surface area contributed by atoms with Gasteiger partial charge in [-0.3, -0.25) is 0 Å². The van der Waals surface area contributed by atoms with Crippen LogP contribution < -0.4 is 9.96 Å². The molecule has 202 valence electrons. The second kappa shape index (κ2) is 17.7. The van der Waals surface area contributed by atoms with Gasteiger partial charge >= 0.3 is 5.91 Å².